The number of rotatable bonds is 3. The largest absolute Gasteiger partial charge is 0.380 e. The first kappa shape index (κ1) is 20.3. The Morgan fingerprint density at radius 3 is 2.42 bits per heavy atom. The molecular formula is C23H25ClN4O3. The van der Waals surface area contributed by atoms with Crippen molar-refractivity contribution in [3.8, 4) is 11.1 Å². The summed E-state index contributed by atoms with van der Waals surface area (Å²) in [6.45, 7) is 2.63. The van der Waals surface area contributed by atoms with E-state index < -0.39 is 5.60 Å². The van der Waals surface area contributed by atoms with Crippen LogP contribution in [-0.2, 0) is 11.3 Å². The van der Waals surface area contributed by atoms with Crippen LogP contribution in [0.3, 0.4) is 0 Å². The van der Waals surface area contributed by atoms with E-state index in [2.05, 4.69) is 17.6 Å². The number of aliphatic hydroxyl groups is 1. The van der Waals surface area contributed by atoms with Gasteiger partial charge in [-0.15, -0.1) is 0 Å². The molecule has 2 aromatic carbocycles. The number of benzene rings is 2. The first-order valence-corrected chi connectivity index (χ1v) is 10.9. The van der Waals surface area contributed by atoms with Crippen LogP contribution in [0.25, 0.3) is 11.1 Å². The molecule has 2 amide bonds. The highest BCUT2D eigenvalue weighted by Crippen LogP contribution is 2.37. The summed E-state index contributed by atoms with van der Waals surface area (Å²) in [7, 11) is 2.00. The SMILES string of the molecule is CN1Cc2ccc(-c3ccc(C(=O)N4CCN(C(=O)C5(O)CC5)CC4)cc3Cl)cc2N1. The second-order valence-corrected chi connectivity index (χ2v) is 9.06. The third-order valence-corrected chi connectivity index (χ3v) is 6.64. The summed E-state index contributed by atoms with van der Waals surface area (Å²) in [5.41, 5.74) is 6.87. The van der Waals surface area contributed by atoms with E-state index in [1.54, 1.807) is 21.9 Å². The minimum Gasteiger partial charge on any atom is -0.380 e. The molecule has 2 heterocycles. The van der Waals surface area contributed by atoms with Crippen molar-refractivity contribution in [2.24, 2.45) is 0 Å². The maximum Gasteiger partial charge on any atom is 0.254 e. The number of carbonyl (C=O) groups excluding carboxylic acids is 2. The number of fused-ring (bicyclic) bond motifs is 1. The fourth-order valence-corrected chi connectivity index (χ4v) is 4.58. The Bertz CT molecular complexity index is 1060. The van der Waals surface area contributed by atoms with Crippen LogP contribution in [-0.4, -0.2) is 70.6 Å². The van der Waals surface area contributed by atoms with Crippen molar-refractivity contribution < 1.29 is 14.7 Å². The zero-order valence-electron chi connectivity index (χ0n) is 17.4. The molecule has 8 heteroatoms. The number of anilines is 1. The molecule has 0 spiro atoms. The summed E-state index contributed by atoms with van der Waals surface area (Å²) >= 11 is 6.57. The van der Waals surface area contributed by atoms with Crippen molar-refractivity contribution in [1.82, 2.24) is 14.8 Å². The topological polar surface area (TPSA) is 76.1 Å². The number of carbonyl (C=O) groups is 2. The van der Waals surface area contributed by atoms with Crippen molar-refractivity contribution in [3.63, 3.8) is 0 Å². The van der Waals surface area contributed by atoms with Crippen molar-refractivity contribution >= 4 is 29.1 Å². The van der Waals surface area contributed by atoms with Gasteiger partial charge in [0.1, 0.15) is 5.60 Å². The second kappa shape index (κ2) is 7.51. The van der Waals surface area contributed by atoms with Gasteiger partial charge in [0.15, 0.2) is 0 Å². The minimum atomic E-state index is -1.15. The van der Waals surface area contributed by atoms with Crippen LogP contribution in [0.15, 0.2) is 36.4 Å². The standard InChI is InChI=1S/C23H25ClN4O3/c1-26-14-17-3-2-15(13-20(17)25-26)18-5-4-16(12-19(18)24)21(29)27-8-10-28(11-9-27)22(30)23(31)6-7-23/h2-5,12-13,25,31H,6-11,14H2,1H3. The number of hydrazine groups is 1. The predicted molar refractivity (Wildman–Crippen MR) is 119 cm³/mol. The van der Waals surface area contributed by atoms with Crippen LogP contribution in [0.4, 0.5) is 5.69 Å². The van der Waals surface area contributed by atoms with Crippen LogP contribution < -0.4 is 5.43 Å². The normalized spacial score (nSPS) is 19.7. The molecule has 2 fully saturated rings. The lowest BCUT2D eigenvalue weighted by atomic mass is 10.0. The summed E-state index contributed by atoms with van der Waals surface area (Å²) in [5, 5.41) is 12.6. The highest BCUT2D eigenvalue weighted by molar-refractivity contribution is 6.33. The molecule has 31 heavy (non-hydrogen) atoms. The Labute approximate surface area is 186 Å². The van der Waals surface area contributed by atoms with Gasteiger partial charge in [-0.05, 0) is 42.2 Å². The van der Waals surface area contributed by atoms with Crippen molar-refractivity contribution in [2.75, 3.05) is 38.7 Å². The maximum atomic E-state index is 13.0. The molecule has 3 aliphatic rings. The van der Waals surface area contributed by atoms with Crippen LogP contribution >= 0.6 is 11.6 Å². The highest BCUT2D eigenvalue weighted by Gasteiger charge is 2.50. The summed E-state index contributed by atoms with van der Waals surface area (Å²) < 4.78 is 0. The molecule has 0 atom stereocenters. The fraction of sp³-hybridized carbons (Fsp3) is 0.391. The van der Waals surface area contributed by atoms with Gasteiger partial charge in [0.25, 0.3) is 11.8 Å². The third-order valence-electron chi connectivity index (χ3n) is 6.33. The molecule has 7 nitrogen and oxygen atoms in total. The van der Waals surface area contributed by atoms with Crippen LogP contribution in [0.1, 0.15) is 28.8 Å². The second-order valence-electron chi connectivity index (χ2n) is 8.65. The molecule has 0 aromatic heterocycles. The maximum absolute atomic E-state index is 13.0. The third kappa shape index (κ3) is 3.78. The number of hydrogen-bond donors (Lipinski definition) is 2. The van der Waals surface area contributed by atoms with Crippen molar-refractivity contribution in [1.29, 1.82) is 0 Å². The monoisotopic (exact) mass is 440 g/mol. The average Bonchev–Trinajstić information content (AvgIpc) is 3.41. The van der Waals surface area contributed by atoms with Gasteiger partial charge in [-0.25, -0.2) is 5.01 Å². The number of nitrogens with one attached hydrogen (secondary N) is 1. The predicted octanol–water partition coefficient (Wildman–Crippen LogP) is 2.59. The number of hydrogen-bond acceptors (Lipinski definition) is 5. The molecule has 1 saturated carbocycles. The summed E-state index contributed by atoms with van der Waals surface area (Å²) in [4.78, 5) is 28.7. The smallest absolute Gasteiger partial charge is 0.254 e. The zero-order valence-corrected chi connectivity index (χ0v) is 18.2. The van der Waals surface area contributed by atoms with Gasteiger partial charge < -0.3 is 20.3 Å². The molecule has 1 aliphatic carbocycles. The average molecular weight is 441 g/mol. The lowest BCUT2D eigenvalue weighted by Crippen LogP contribution is -2.53. The fourth-order valence-electron chi connectivity index (χ4n) is 4.29. The van der Waals surface area contributed by atoms with Gasteiger partial charge in [-0.3, -0.25) is 9.59 Å². The summed E-state index contributed by atoms with van der Waals surface area (Å²) in [6.07, 6.45) is 1.07. The molecule has 0 unspecified atom stereocenters. The first-order chi connectivity index (χ1) is 14.8. The minimum absolute atomic E-state index is 0.0945. The van der Waals surface area contributed by atoms with Crippen molar-refractivity contribution in [2.45, 2.75) is 25.0 Å². The Balaban J connectivity index is 1.28. The van der Waals surface area contributed by atoms with Crippen LogP contribution in [0.5, 0.6) is 0 Å². The molecular weight excluding hydrogens is 416 g/mol. The van der Waals surface area contributed by atoms with Gasteiger partial charge in [-0.1, -0.05) is 29.8 Å². The van der Waals surface area contributed by atoms with Gasteiger partial charge in [0.2, 0.25) is 0 Å². The molecule has 5 rings (SSSR count). The molecule has 2 N–H and O–H groups in total. The highest BCUT2D eigenvalue weighted by atomic mass is 35.5. The van der Waals surface area contributed by atoms with Crippen LogP contribution in [0.2, 0.25) is 5.02 Å². The van der Waals surface area contributed by atoms with Gasteiger partial charge >= 0.3 is 0 Å². The van der Waals surface area contributed by atoms with E-state index in [1.807, 2.05) is 24.2 Å². The number of piperazine rings is 1. The van der Waals surface area contributed by atoms with E-state index in [1.165, 1.54) is 5.56 Å². The quantitative estimate of drug-likeness (QED) is 0.767. The lowest BCUT2D eigenvalue weighted by molar-refractivity contribution is -0.143. The van der Waals surface area contributed by atoms with Gasteiger partial charge in [-0.2, -0.15) is 0 Å². The summed E-state index contributed by atoms with van der Waals surface area (Å²) in [6, 6.07) is 11.6. The van der Waals surface area contributed by atoms with E-state index in [9.17, 15) is 14.7 Å². The van der Waals surface area contributed by atoms with E-state index in [0.717, 1.165) is 23.4 Å². The van der Waals surface area contributed by atoms with E-state index in [-0.39, 0.29) is 11.8 Å². The molecule has 0 radical (unpaired) electrons. The lowest BCUT2D eigenvalue weighted by Gasteiger charge is -2.35. The number of halogens is 1. The molecule has 2 aliphatic heterocycles. The Morgan fingerprint density at radius 2 is 1.74 bits per heavy atom. The van der Waals surface area contributed by atoms with E-state index in [0.29, 0.717) is 49.6 Å². The molecule has 162 valence electrons. The first-order valence-electron chi connectivity index (χ1n) is 10.6. The van der Waals surface area contributed by atoms with Gasteiger partial charge in [0.05, 0.1) is 5.69 Å². The van der Waals surface area contributed by atoms with Gasteiger partial charge in [0, 0.05) is 55.9 Å². The Kier molecular flexibility index (Phi) is 4.92. The van der Waals surface area contributed by atoms with E-state index in [4.69, 9.17) is 11.6 Å². The van der Waals surface area contributed by atoms with E-state index >= 15 is 0 Å². The summed E-state index contributed by atoms with van der Waals surface area (Å²) in [5.74, 6) is -0.301. The van der Waals surface area contributed by atoms with Crippen molar-refractivity contribution in [3.05, 3.63) is 52.5 Å². The van der Waals surface area contributed by atoms with Crippen LogP contribution in [0, 0.1) is 0 Å². The molecule has 2 aromatic rings. The molecule has 1 saturated heterocycles. The number of amides is 2. The number of nitrogens with zero attached hydrogens (tertiary/aromatic N) is 3. The Hall–Kier alpha value is -2.61. The zero-order chi connectivity index (χ0) is 21.8. The Morgan fingerprint density at radius 1 is 1.03 bits per heavy atom. The molecule has 0 bridgehead atoms.